The molecule has 2 aliphatic rings. The molecule has 0 saturated carbocycles. The van der Waals surface area contributed by atoms with E-state index in [1.165, 1.54) is 4.90 Å². The Balaban J connectivity index is 2.34. The molecule has 0 spiro atoms. The molecule has 10 heteroatoms. The highest BCUT2D eigenvalue weighted by Crippen LogP contribution is 2.27. The lowest BCUT2D eigenvalue weighted by Crippen LogP contribution is -2.58. The molecule has 0 aromatic heterocycles. The first-order valence-corrected chi connectivity index (χ1v) is 8.96. The van der Waals surface area contributed by atoms with E-state index in [2.05, 4.69) is 15.6 Å². The maximum atomic E-state index is 13.1. The van der Waals surface area contributed by atoms with Gasteiger partial charge in [0.05, 0.1) is 30.3 Å². The Hall–Kier alpha value is -2.17. The highest BCUT2D eigenvalue weighted by molar-refractivity contribution is 5.99. The molecule has 0 fully saturated rings. The Bertz CT molecular complexity index is 605. The molecule has 0 aromatic rings. The second-order valence-electron chi connectivity index (χ2n) is 6.54. The van der Waals surface area contributed by atoms with Crippen molar-refractivity contribution in [1.82, 2.24) is 15.5 Å². The third-order valence-corrected chi connectivity index (χ3v) is 4.59. The summed E-state index contributed by atoms with van der Waals surface area (Å²) >= 11 is 0. The highest BCUT2D eigenvalue weighted by Gasteiger charge is 2.39. The lowest BCUT2D eigenvalue weighted by atomic mass is 9.99. The van der Waals surface area contributed by atoms with Crippen molar-refractivity contribution in [3.05, 3.63) is 11.5 Å². The van der Waals surface area contributed by atoms with Gasteiger partial charge in [-0.25, -0.2) is 0 Å². The average Bonchev–Trinajstić information content (AvgIpc) is 2.75. The Kier molecular flexibility index (Phi) is 6.95. The number of aliphatic hydroxyl groups excluding tert-OH is 1. The number of nitrogens with two attached hydrogens (primary N) is 3. The van der Waals surface area contributed by atoms with Gasteiger partial charge in [0, 0.05) is 6.54 Å². The van der Waals surface area contributed by atoms with E-state index in [0.717, 1.165) is 12.8 Å². The van der Waals surface area contributed by atoms with Crippen LogP contribution in [0.3, 0.4) is 0 Å². The van der Waals surface area contributed by atoms with E-state index in [0.29, 0.717) is 37.4 Å². The lowest BCUT2D eigenvalue weighted by Gasteiger charge is -2.41. The van der Waals surface area contributed by atoms with Crippen molar-refractivity contribution < 1.29 is 14.7 Å². The smallest absolute Gasteiger partial charge is 0.244 e. The van der Waals surface area contributed by atoms with Gasteiger partial charge in [-0.1, -0.05) is 13.3 Å². The van der Waals surface area contributed by atoms with E-state index in [4.69, 9.17) is 17.2 Å². The van der Waals surface area contributed by atoms with Crippen LogP contribution in [0.4, 0.5) is 0 Å². The number of guanidine groups is 1. The van der Waals surface area contributed by atoms with Gasteiger partial charge in [0.25, 0.3) is 0 Å². The highest BCUT2D eigenvalue weighted by atomic mass is 16.3. The van der Waals surface area contributed by atoms with Gasteiger partial charge in [-0.2, -0.15) is 4.99 Å². The minimum Gasteiger partial charge on any atom is -0.391 e. The summed E-state index contributed by atoms with van der Waals surface area (Å²) in [6.45, 7) is 2.66. The molecule has 26 heavy (non-hydrogen) atoms. The molecule has 0 radical (unpaired) electrons. The first-order chi connectivity index (χ1) is 12.4. The third kappa shape index (κ3) is 4.51. The zero-order valence-corrected chi connectivity index (χ0v) is 15.1. The molecule has 9 N–H and O–H groups in total. The van der Waals surface area contributed by atoms with Gasteiger partial charge in [-0.3, -0.25) is 14.9 Å². The number of nitrogens with one attached hydrogen (secondary N) is 2. The van der Waals surface area contributed by atoms with Gasteiger partial charge in [0.1, 0.15) is 5.82 Å². The number of unbranched alkanes of at least 4 members (excludes halogenated alkanes) is 1. The van der Waals surface area contributed by atoms with Crippen LogP contribution in [0, 0.1) is 0 Å². The SMILES string of the molecule is CCC(O)C1CNC2=C(CC(=O)NC(N)=N2)N1C(=O)C(N)CCCCN. The Morgan fingerprint density at radius 3 is 2.85 bits per heavy atom. The maximum absolute atomic E-state index is 13.1. The molecule has 2 amide bonds. The van der Waals surface area contributed by atoms with E-state index in [1.807, 2.05) is 6.92 Å². The zero-order valence-electron chi connectivity index (χ0n) is 15.1. The summed E-state index contributed by atoms with van der Waals surface area (Å²) in [6.07, 6.45) is 1.60. The van der Waals surface area contributed by atoms with Crippen LogP contribution in [-0.2, 0) is 9.59 Å². The van der Waals surface area contributed by atoms with Crippen LogP contribution in [0.15, 0.2) is 16.5 Å². The standard InChI is InChI=1S/C16H29N7O3/c1-2-12(24)11-8-20-14-10(7-13(25)21-16(19)22-14)23(11)15(26)9(18)5-3-4-6-17/h9,11-12,20,24H,2-8,17-18H2,1H3,(H3,19,21,22,25). The number of carbonyl (C=O) groups is 2. The van der Waals surface area contributed by atoms with Crippen LogP contribution < -0.4 is 27.8 Å². The minimum atomic E-state index is -0.760. The van der Waals surface area contributed by atoms with Crippen LogP contribution in [0.1, 0.15) is 39.0 Å². The van der Waals surface area contributed by atoms with Gasteiger partial charge >= 0.3 is 0 Å². The summed E-state index contributed by atoms with van der Waals surface area (Å²) < 4.78 is 0. The molecule has 2 rings (SSSR count). The Labute approximate surface area is 152 Å². The van der Waals surface area contributed by atoms with Crippen molar-refractivity contribution in [1.29, 1.82) is 0 Å². The molecule has 2 aliphatic heterocycles. The summed E-state index contributed by atoms with van der Waals surface area (Å²) in [5, 5.41) is 15.9. The van der Waals surface area contributed by atoms with Gasteiger partial charge in [-0.15, -0.1) is 0 Å². The Morgan fingerprint density at radius 1 is 1.46 bits per heavy atom. The number of hydrogen-bond acceptors (Lipinski definition) is 8. The first-order valence-electron chi connectivity index (χ1n) is 8.96. The summed E-state index contributed by atoms with van der Waals surface area (Å²) in [5.74, 6) is -0.402. The molecule has 0 aliphatic carbocycles. The predicted molar refractivity (Wildman–Crippen MR) is 97.2 cm³/mol. The van der Waals surface area contributed by atoms with Crippen LogP contribution in [0.25, 0.3) is 0 Å². The van der Waals surface area contributed by atoms with Crippen molar-refractivity contribution >= 4 is 17.8 Å². The van der Waals surface area contributed by atoms with Crippen LogP contribution in [0.5, 0.6) is 0 Å². The molecule has 0 saturated heterocycles. The molecular formula is C16H29N7O3. The number of nitrogens with zero attached hydrogens (tertiary/aromatic N) is 2. The fourth-order valence-electron chi connectivity index (χ4n) is 3.16. The van der Waals surface area contributed by atoms with Crippen molar-refractivity contribution in [2.24, 2.45) is 22.2 Å². The van der Waals surface area contributed by atoms with Gasteiger partial charge in [0.2, 0.25) is 17.8 Å². The summed E-state index contributed by atoms with van der Waals surface area (Å²) in [7, 11) is 0. The topological polar surface area (TPSA) is 172 Å². The molecule has 3 unspecified atom stereocenters. The number of aliphatic imine (C=N–C) groups is 1. The minimum absolute atomic E-state index is 0.0402. The van der Waals surface area contributed by atoms with Gasteiger partial charge in [0.15, 0.2) is 0 Å². The summed E-state index contributed by atoms with van der Waals surface area (Å²) in [6, 6.07) is -1.28. The van der Waals surface area contributed by atoms with Crippen LogP contribution in [-0.4, -0.2) is 59.1 Å². The van der Waals surface area contributed by atoms with Crippen LogP contribution in [0.2, 0.25) is 0 Å². The van der Waals surface area contributed by atoms with Crippen molar-refractivity contribution in [2.45, 2.75) is 57.2 Å². The molecule has 3 atom stereocenters. The van der Waals surface area contributed by atoms with Crippen molar-refractivity contribution in [3.8, 4) is 0 Å². The first kappa shape index (κ1) is 20.1. The Morgan fingerprint density at radius 2 is 2.19 bits per heavy atom. The molecule has 0 aromatic carbocycles. The number of aliphatic hydroxyl groups is 1. The second-order valence-corrected chi connectivity index (χ2v) is 6.54. The molecular weight excluding hydrogens is 338 g/mol. The number of carbonyl (C=O) groups excluding carboxylic acids is 2. The van der Waals surface area contributed by atoms with Crippen molar-refractivity contribution in [3.63, 3.8) is 0 Å². The van der Waals surface area contributed by atoms with E-state index < -0.39 is 18.2 Å². The fraction of sp³-hybridized carbons (Fsp3) is 0.688. The maximum Gasteiger partial charge on any atom is 0.244 e. The fourth-order valence-corrected chi connectivity index (χ4v) is 3.16. The van der Waals surface area contributed by atoms with Gasteiger partial charge < -0.3 is 32.5 Å². The summed E-state index contributed by atoms with van der Waals surface area (Å²) in [4.78, 5) is 30.7. The number of hydrogen-bond donors (Lipinski definition) is 6. The lowest BCUT2D eigenvalue weighted by molar-refractivity contribution is -0.136. The second kappa shape index (κ2) is 8.97. The molecule has 146 valence electrons. The third-order valence-electron chi connectivity index (χ3n) is 4.59. The number of rotatable bonds is 7. The largest absolute Gasteiger partial charge is 0.391 e. The van der Waals surface area contributed by atoms with E-state index in [9.17, 15) is 14.7 Å². The molecule has 2 heterocycles. The average molecular weight is 367 g/mol. The van der Waals surface area contributed by atoms with E-state index >= 15 is 0 Å². The van der Waals surface area contributed by atoms with Crippen LogP contribution >= 0.6 is 0 Å². The quantitative estimate of drug-likeness (QED) is 0.283. The zero-order chi connectivity index (χ0) is 19.3. The normalized spacial score (nSPS) is 22.6. The number of amides is 2. The van der Waals surface area contributed by atoms with Crippen molar-refractivity contribution in [2.75, 3.05) is 13.1 Å². The predicted octanol–water partition coefficient (Wildman–Crippen LogP) is -1.98. The summed E-state index contributed by atoms with van der Waals surface area (Å²) in [5.41, 5.74) is 17.6. The molecule has 0 bridgehead atoms. The monoisotopic (exact) mass is 367 g/mol. The van der Waals surface area contributed by atoms with E-state index in [1.54, 1.807) is 0 Å². The molecule has 10 nitrogen and oxygen atoms in total. The van der Waals surface area contributed by atoms with E-state index in [-0.39, 0.29) is 24.2 Å². The van der Waals surface area contributed by atoms with Gasteiger partial charge in [-0.05, 0) is 25.8 Å².